The minimum absolute atomic E-state index is 0.703. The zero-order valence-corrected chi connectivity index (χ0v) is 35.4. The van der Waals surface area contributed by atoms with E-state index in [0.29, 0.717) is 11.5 Å². The van der Waals surface area contributed by atoms with Crippen LogP contribution in [0.1, 0.15) is 0 Å². The van der Waals surface area contributed by atoms with Gasteiger partial charge in [0.1, 0.15) is 56.2 Å². The van der Waals surface area contributed by atoms with Crippen LogP contribution < -0.4 is 4.74 Å². The molecule has 0 spiro atoms. The van der Waals surface area contributed by atoms with Gasteiger partial charge in [0.2, 0.25) is 0 Å². The second-order valence-corrected chi connectivity index (χ2v) is 17.6. The standard InChI is InChI=1S/C60H32N2O5/c1-5-13-49-37(9-1)38-10-2-6-14-50(38)61(49)33-17-21-53-41(25-33)45-29-47-43-27-35(19-23-55(43)66-59(47)31-57(45)64-53)63-36-20-24-56-44(28-36)48-30-46-42-26-34(18-22-54(42)65-58(46)32-60(48)67-56)62-51-15-7-3-11-39(51)40-12-4-8-16-52(40)62/h1-32H. The number of furan rings is 4. The minimum atomic E-state index is 0.703. The summed E-state index contributed by atoms with van der Waals surface area (Å²) in [6.45, 7) is 0. The maximum Gasteiger partial charge on any atom is 0.139 e. The van der Waals surface area contributed by atoms with Gasteiger partial charge in [0.25, 0.3) is 0 Å². The molecule has 0 bridgehead atoms. The third-order valence-corrected chi connectivity index (χ3v) is 13.9. The molecule has 7 heteroatoms. The zero-order valence-electron chi connectivity index (χ0n) is 35.4. The van der Waals surface area contributed by atoms with Crippen LogP contribution in [0.15, 0.2) is 212 Å². The Morgan fingerprint density at radius 3 is 0.896 bits per heavy atom. The lowest BCUT2D eigenvalue weighted by Gasteiger charge is -2.08. The van der Waals surface area contributed by atoms with Crippen molar-refractivity contribution in [3.05, 3.63) is 194 Å². The first-order chi connectivity index (χ1) is 33.1. The van der Waals surface area contributed by atoms with Crippen molar-refractivity contribution in [2.75, 3.05) is 0 Å². The van der Waals surface area contributed by atoms with E-state index < -0.39 is 0 Å². The summed E-state index contributed by atoms with van der Waals surface area (Å²) in [5.41, 5.74) is 13.1. The van der Waals surface area contributed by atoms with Crippen LogP contribution in [0.25, 0.3) is 143 Å². The van der Waals surface area contributed by atoms with E-state index in [9.17, 15) is 0 Å². The van der Waals surface area contributed by atoms with Gasteiger partial charge in [-0.2, -0.15) is 0 Å². The summed E-state index contributed by atoms with van der Waals surface area (Å²) in [6, 6.07) is 67.6. The number of fused-ring (bicyclic) bond motifs is 18. The van der Waals surface area contributed by atoms with Crippen molar-refractivity contribution in [2.45, 2.75) is 0 Å². The Labute approximate surface area is 378 Å². The van der Waals surface area contributed by atoms with Gasteiger partial charge < -0.3 is 31.5 Å². The number of aromatic nitrogens is 2. The van der Waals surface area contributed by atoms with Crippen LogP contribution in [0.4, 0.5) is 0 Å². The monoisotopic (exact) mass is 860 g/mol. The SMILES string of the molecule is c1ccc2c(c1)c1ccccc1n2-c1ccc2oc3cc4oc5ccc(Oc6ccc7oc8cc9oc%10ccc(-n%11c%12ccccc%12c%12ccccc%12%11)cc%10c9cc8c7c6)cc5c4cc3c2c1. The first-order valence-corrected chi connectivity index (χ1v) is 22.5. The maximum atomic E-state index is 6.65. The number of hydrogen-bond donors (Lipinski definition) is 0. The van der Waals surface area contributed by atoms with Crippen LogP contribution >= 0.6 is 0 Å². The van der Waals surface area contributed by atoms with Crippen molar-refractivity contribution in [3.8, 4) is 22.9 Å². The number of para-hydroxylation sites is 4. The predicted molar refractivity (Wildman–Crippen MR) is 271 cm³/mol. The van der Waals surface area contributed by atoms with Crippen LogP contribution in [0, 0.1) is 0 Å². The molecule has 0 unspecified atom stereocenters. The van der Waals surface area contributed by atoms with Crippen molar-refractivity contribution in [1.29, 1.82) is 0 Å². The van der Waals surface area contributed by atoms with Gasteiger partial charge in [0.05, 0.1) is 22.1 Å². The molecule has 0 fully saturated rings. The van der Waals surface area contributed by atoms with E-state index in [1.165, 1.54) is 43.6 Å². The first-order valence-electron chi connectivity index (χ1n) is 22.5. The van der Waals surface area contributed by atoms with Crippen LogP contribution in [0.2, 0.25) is 0 Å². The van der Waals surface area contributed by atoms with Crippen LogP contribution in [-0.4, -0.2) is 9.13 Å². The molecule has 0 aliphatic heterocycles. The van der Waals surface area contributed by atoms with Gasteiger partial charge in [-0.1, -0.05) is 72.8 Å². The summed E-state index contributed by atoms with van der Waals surface area (Å²) in [5, 5.41) is 13.0. The Bertz CT molecular complexity index is 4390. The Morgan fingerprint density at radius 2 is 0.537 bits per heavy atom. The molecular formula is C60H32N2O5. The van der Waals surface area contributed by atoms with E-state index in [1.54, 1.807) is 0 Å². The quantitative estimate of drug-likeness (QED) is 0.176. The van der Waals surface area contributed by atoms with Gasteiger partial charge in [-0.3, -0.25) is 0 Å². The first kappa shape index (κ1) is 35.2. The fourth-order valence-corrected chi connectivity index (χ4v) is 11.0. The minimum Gasteiger partial charge on any atom is -0.457 e. The average Bonchev–Trinajstić information content (AvgIpc) is 4.22. The molecule has 67 heavy (non-hydrogen) atoms. The van der Waals surface area contributed by atoms with Crippen LogP contribution in [0.5, 0.6) is 11.5 Å². The number of benzene rings is 10. The van der Waals surface area contributed by atoms with E-state index in [0.717, 1.165) is 99.1 Å². The fraction of sp³-hybridized carbons (Fsp3) is 0. The third-order valence-electron chi connectivity index (χ3n) is 13.9. The third kappa shape index (κ3) is 4.89. The van der Waals surface area contributed by atoms with Gasteiger partial charge in [-0.25, -0.2) is 0 Å². The molecule has 0 saturated heterocycles. The molecule has 0 radical (unpaired) electrons. The summed E-state index contributed by atoms with van der Waals surface area (Å²) in [6.07, 6.45) is 0. The summed E-state index contributed by atoms with van der Waals surface area (Å²) in [5.74, 6) is 1.41. The van der Waals surface area contributed by atoms with Crippen molar-refractivity contribution in [2.24, 2.45) is 0 Å². The summed E-state index contributed by atoms with van der Waals surface area (Å²) in [4.78, 5) is 0. The predicted octanol–water partition coefficient (Wildman–Crippen LogP) is 17.3. The van der Waals surface area contributed by atoms with Crippen LogP contribution in [0.3, 0.4) is 0 Å². The number of nitrogens with zero attached hydrogens (tertiary/aromatic N) is 2. The zero-order chi connectivity index (χ0) is 43.5. The van der Waals surface area contributed by atoms with E-state index in [1.807, 2.05) is 36.4 Å². The molecule has 0 saturated carbocycles. The van der Waals surface area contributed by atoms with Gasteiger partial charge in [0, 0.05) is 88.1 Å². The molecule has 16 aromatic rings. The lowest BCUT2D eigenvalue weighted by atomic mass is 10.1. The largest absolute Gasteiger partial charge is 0.457 e. The lowest BCUT2D eigenvalue weighted by Crippen LogP contribution is -1.93. The summed E-state index contributed by atoms with van der Waals surface area (Å²) < 4.78 is 37.1. The molecule has 10 aromatic carbocycles. The highest BCUT2D eigenvalue weighted by Gasteiger charge is 2.20. The highest BCUT2D eigenvalue weighted by Crippen LogP contribution is 2.43. The molecule has 0 N–H and O–H groups in total. The van der Waals surface area contributed by atoms with Crippen molar-refractivity contribution < 1.29 is 22.4 Å². The molecule has 0 atom stereocenters. The van der Waals surface area contributed by atoms with E-state index in [4.69, 9.17) is 22.4 Å². The number of hydrogen-bond acceptors (Lipinski definition) is 5. The number of ether oxygens (including phenoxy) is 1. The summed E-state index contributed by atoms with van der Waals surface area (Å²) in [7, 11) is 0. The molecule has 0 aliphatic carbocycles. The molecule has 6 aromatic heterocycles. The lowest BCUT2D eigenvalue weighted by molar-refractivity contribution is 0.483. The van der Waals surface area contributed by atoms with Crippen molar-refractivity contribution in [3.63, 3.8) is 0 Å². The second kappa shape index (κ2) is 12.7. The molecule has 16 rings (SSSR count). The Balaban J connectivity index is 0.786. The fourth-order valence-electron chi connectivity index (χ4n) is 11.0. The molecule has 7 nitrogen and oxygen atoms in total. The molecule has 0 amide bonds. The van der Waals surface area contributed by atoms with Gasteiger partial charge in [-0.05, 0) is 109 Å². The molecular weight excluding hydrogens is 829 g/mol. The van der Waals surface area contributed by atoms with Crippen molar-refractivity contribution in [1.82, 2.24) is 9.13 Å². The van der Waals surface area contributed by atoms with Gasteiger partial charge in [-0.15, -0.1) is 0 Å². The summed E-state index contributed by atoms with van der Waals surface area (Å²) >= 11 is 0. The van der Waals surface area contributed by atoms with Crippen molar-refractivity contribution >= 4 is 131 Å². The molecule has 6 heterocycles. The Morgan fingerprint density at radius 1 is 0.239 bits per heavy atom. The Kier molecular flexibility index (Phi) is 6.69. The number of rotatable bonds is 4. The van der Waals surface area contributed by atoms with Crippen LogP contribution in [-0.2, 0) is 0 Å². The highest BCUT2D eigenvalue weighted by atomic mass is 16.5. The second-order valence-electron chi connectivity index (χ2n) is 17.6. The smallest absolute Gasteiger partial charge is 0.139 e. The van der Waals surface area contributed by atoms with E-state index in [2.05, 4.69) is 167 Å². The molecule has 0 aliphatic rings. The maximum absolute atomic E-state index is 6.65. The topological polar surface area (TPSA) is 71.7 Å². The average molecular weight is 861 g/mol. The Hall–Kier alpha value is -9.20. The van der Waals surface area contributed by atoms with E-state index in [-0.39, 0.29) is 0 Å². The van der Waals surface area contributed by atoms with Gasteiger partial charge >= 0.3 is 0 Å². The van der Waals surface area contributed by atoms with Gasteiger partial charge in [0.15, 0.2) is 0 Å². The van der Waals surface area contributed by atoms with E-state index >= 15 is 0 Å². The highest BCUT2D eigenvalue weighted by molar-refractivity contribution is 6.18. The molecule has 312 valence electrons. The normalized spacial score (nSPS) is 12.5.